The highest BCUT2D eigenvalue weighted by Crippen LogP contribution is 2.52. The number of carbonyl (C=O) groups is 14. The molecule has 12 atom stereocenters. The Bertz CT molecular complexity index is 3590. The van der Waals surface area contributed by atoms with E-state index in [1.807, 2.05) is 13.8 Å². The Morgan fingerprint density at radius 3 is 1.97 bits per heavy atom. The maximum Gasteiger partial charge on any atom is 0.410 e. The lowest BCUT2D eigenvalue weighted by atomic mass is 9.89. The first-order valence-electron chi connectivity index (χ1n) is 38.2. The van der Waals surface area contributed by atoms with Crippen molar-refractivity contribution < 1.29 is 100 Å². The number of carbonyl (C=O) groups excluding carboxylic acids is 14. The number of methoxy groups -OCH3 is 2. The first kappa shape index (κ1) is 91.0. The summed E-state index contributed by atoms with van der Waals surface area (Å²) < 4.78 is 46.2. The van der Waals surface area contributed by atoms with Crippen LogP contribution >= 0.6 is 11.8 Å². The molecule has 3 aliphatic heterocycles. The molecule has 9 N–H and O–H groups in total. The third-order valence-corrected chi connectivity index (χ3v) is 22.6. The van der Waals surface area contributed by atoms with Gasteiger partial charge in [0.25, 0.3) is 11.8 Å². The molecule has 1 unspecified atom stereocenters. The molecule has 0 radical (unpaired) electrons. The molecule has 1 aliphatic carbocycles. The number of aliphatic hydroxyl groups excluding tert-OH is 1. The predicted octanol–water partition coefficient (Wildman–Crippen LogP) is 5.16. The minimum atomic E-state index is -1.17. The summed E-state index contributed by atoms with van der Waals surface area (Å²) in [5, 5.41) is 27.2. The topological polar surface area (TPSA) is 411 Å². The second-order valence-electron chi connectivity index (χ2n) is 30.5. The lowest BCUT2D eigenvalue weighted by Gasteiger charge is -2.41. The Kier molecular flexibility index (Phi) is 35.0. The van der Waals surface area contributed by atoms with Crippen LogP contribution in [0.5, 0.6) is 0 Å². The molecule has 111 heavy (non-hydrogen) atoms. The number of aliphatic hydroxyl groups is 1. The van der Waals surface area contributed by atoms with E-state index in [0.29, 0.717) is 60.6 Å². The van der Waals surface area contributed by atoms with Gasteiger partial charge in [0.1, 0.15) is 42.4 Å². The number of ether oxygens (including phenoxy) is 3. The Labute approximate surface area is 652 Å². The van der Waals surface area contributed by atoms with Crippen molar-refractivity contribution >= 4 is 101 Å². The summed E-state index contributed by atoms with van der Waals surface area (Å²) in [5.41, 5.74) is 5.42. The van der Waals surface area contributed by atoms with E-state index in [1.165, 1.54) is 53.8 Å². The van der Waals surface area contributed by atoms with Crippen molar-refractivity contribution in [3.8, 4) is 0 Å². The van der Waals surface area contributed by atoms with Crippen LogP contribution in [-0.4, -0.2) is 233 Å². The third-order valence-electron chi connectivity index (χ3n) is 21.1. The monoisotopic (exact) mass is 1580 g/mol. The van der Waals surface area contributed by atoms with Crippen LogP contribution in [0, 0.1) is 46.6 Å². The van der Waals surface area contributed by atoms with Crippen molar-refractivity contribution in [3.63, 3.8) is 0 Å². The van der Waals surface area contributed by atoms with Crippen LogP contribution in [0.25, 0.3) is 0 Å². The molecule has 0 aromatic heterocycles. The van der Waals surface area contributed by atoms with Gasteiger partial charge >= 0.3 is 18.1 Å². The van der Waals surface area contributed by atoms with Gasteiger partial charge in [-0.25, -0.2) is 23.2 Å². The fourth-order valence-corrected chi connectivity index (χ4v) is 15.7. The highest BCUT2D eigenvalue weighted by Gasteiger charge is 2.50. The van der Waals surface area contributed by atoms with Gasteiger partial charge in [-0.2, -0.15) is 0 Å². The van der Waals surface area contributed by atoms with Gasteiger partial charge in [0.15, 0.2) is 0 Å². The number of hydrogen-bond donors (Lipinski definition) is 8. The molecule has 2 aromatic carbocycles. The summed E-state index contributed by atoms with van der Waals surface area (Å²) in [4.78, 5) is 197. The molecule has 6 rings (SSSR count). The highest BCUT2D eigenvalue weighted by atomic mass is 32.2. The lowest BCUT2D eigenvalue weighted by molar-refractivity contribution is -0.198. The van der Waals surface area contributed by atoms with Crippen LogP contribution in [0.4, 0.5) is 24.1 Å². The molecule has 4 fully saturated rings. The number of benzene rings is 2. The molecule has 14 amide bonds. The number of nitrogens with zero attached hydrogens (tertiary/aromatic N) is 5. The highest BCUT2D eigenvalue weighted by molar-refractivity contribution is 8.00. The van der Waals surface area contributed by atoms with Crippen LogP contribution in [0.2, 0.25) is 0 Å². The number of nitrogens with two attached hydrogens (primary N) is 1. The SMILES string of the molecule is CC[C@H](C)[C@@H]([C@@H](CC(=O)N1C[C@@H](O)C[C@H]1[C@H](OC)[C@@H](C)C(=O)NCCc1c(F)cccc1F)OC)N(C)C(=O)[C@@H](NC(=O)[C@H](C(C)C)N(C)C(=O)OCc1ccc(NC(=O)[C@H](CCCNC(N)=O)NC(=O)[C@@H](NC(=O)CCCCCN2C(=O)CC(SCC3(CC(=O)ON4C(=O)CCC4=O)CC3)C2=O)C(C)C)cc1)C(C)C. The zero-order valence-electron chi connectivity index (χ0n) is 66.0. The lowest BCUT2D eigenvalue weighted by Crippen LogP contribution is -2.60. The minimum absolute atomic E-state index is 0.000445. The number of primary amides is 1. The number of nitrogens with one attached hydrogen (secondary N) is 6. The summed E-state index contributed by atoms with van der Waals surface area (Å²) >= 11 is 1.29. The van der Waals surface area contributed by atoms with Crippen molar-refractivity contribution in [3.05, 3.63) is 65.2 Å². The number of likely N-dealkylation sites (N-methyl/N-ethyl adjacent to an activating group) is 2. The van der Waals surface area contributed by atoms with Gasteiger partial charge in [-0.05, 0) is 110 Å². The first-order chi connectivity index (χ1) is 52.5. The number of anilines is 1. The number of amides is 14. The van der Waals surface area contributed by atoms with Crippen LogP contribution in [0.1, 0.15) is 170 Å². The van der Waals surface area contributed by atoms with E-state index >= 15 is 0 Å². The normalized spacial score (nSPS) is 19.2. The summed E-state index contributed by atoms with van der Waals surface area (Å²) in [6.45, 7) is 15.6. The molecule has 0 bridgehead atoms. The van der Waals surface area contributed by atoms with E-state index in [0.717, 1.165) is 17.0 Å². The summed E-state index contributed by atoms with van der Waals surface area (Å²) in [6.07, 6.45) is -0.593. The number of unbranched alkanes of at least 4 members (excludes halogenated alkanes) is 2. The Morgan fingerprint density at radius 2 is 1.39 bits per heavy atom. The molecule has 31 nitrogen and oxygen atoms in total. The maximum atomic E-state index is 14.8. The fourth-order valence-electron chi connectivity index (χ4n) is 14.2. The van der Waals surface area contributed by atoms with Gasteiger partial charge in [-0.1, -0.05) is 93.4 Å². The van der Waals surface area contributed by atoms with Gasteiger partial charge in [0.05, 0.1) is 54.4 Å². The predicted molar refractivity (Wildman–Crippen MR) is 404 cm³/mol. The number of β-amino-alcohol motifs (C(OH)–C–C–N with tert-alkyl or cyclic N) is 1. The molecule has 3 heterocycles. The van der Waals surface area contributed by atoms with Crippen LogP contribution in [-0.2, 0) is 89.6 Å². The zero-order valence-corrected chi connectivity index (χ0v) is 66.8. The standard InChI is InChI=1S/C77H114F2N12O19S/c1-14-46(8)67(56(107-12)37-61(96)90-40-50(92)36-55(90)68(108-13)47(9)69(99)81-34-30-51-52(78)20-18-21-53(51)79)87(10)74(104)65(44(4)5)86-72(102)66(45(6)7)88(11)76(106)109-41-48-24-26-49(27-25-48)83-70(100)54(22-19-33-82-75(80)105)84-71(101)64(43(2)3)85-58(93)23-16-15-17-35-89-62(97)38-57(73(89)103)111-42-77(31-32-77)39-63(98)110-91-59(94)28-29-60(91)95/h18,20-21,24-27,43-47,50,54-57,64-68,92H,14-17,19,22-23,28-42H2,1-13H3,(H,81,99)(H,83,100)(H,84,101)(H,85,93)(H,86,102)(H3,80,82,105)/t46-,47+,50-,54-,55-,56+,57?,64-,65-,66-,67-,68+/m0/s1. The molecule has 2 aromatic rings. The average Bonchev–Trinajstić information content (AvgIpc) is 1.25. The van der Waals surface area contributed by atoms with Gasteiger partial charge < -0.3 is 71.6 Å². The van der Waals surface area contributed by atoms with Crippen molar-refractivity contribution in [1.82, 2.24) is 51.2 Å². The van der Waals surface area contributed by atoms with Gasteiger partial charge in [-0.3, -0.25) is 62.5 Å². The van der Waals surface area contributed by atoms with Gasteiger partial charge in [-0.15, -0.1) is 16.8 Å². The molecule has 1 saturated carbocycles. The summed E-state index contributed by atoms with van der Waals surface area (Å²) in [7, 11) is 5.77. The largest absolute Gasteiger partial charge is 0.445 e. The van der Waals surface area contributed by atoms with E-state index in [4.69, 9.17) is 24.8 Å². The van der Waals surface area contributed by atoms with Gasteiger partial charge in [0.2, 0.25) is 53.2 Å². The van der Waals surface area contributed by atoms with Crippen LogP contribution < -0.4 is 37.6 Å². The summed E-state index contributed by atoms with van der Waals surface area (Å²) in [5.74, 6) is -9.97. The number of likely N-dealkylation sites (tertiary alicyclic amines) is 2. The Hall–Kier alpha value is -8.89. The number of imide groups is 2. The van der Waals surface area contributed by atoms with Gasteiger partial charge in [0, 0.05) is 97.2 Å². The molecule has 616 valence electrons. The minimum Gasteiger partial charge on any atom is -0.445 e. The maximum absolute atomic E-state index is 14.8. The van der Waals surface area contributed by atoms with E-state index in [9.17, 15) is 81.0 Å². The average molecular weight is 1580 g/mol. The second kappa shape index (κ2) is 42.7. The van der Waals surface area contributed by atoms with Crippen LogP contribution in [0.15, 0.2) is 42.5 Å². The Morgan fingerprint density at radius 1 is 0.739 bits per heavy atom. The number of urea groups is 1. The number of hydrogen-bond acceptors (Lipinski definition) is 20. The molecule has 3 saturated heterocycles. The van der Waals surface area contributed by atoms with Crippen molar-refractivity contribution in [2.24, 2.45) is 40.7 Å². The molecule has 0 spiro atoms. The molecule has 4 aliphatic rings. The first-order valence-corrected chi connectivity index (χ1v) is 39.3. The van der Waals surface area contributed by atoms with Crippen molar-refractivity contribution in [1.29, 1.82) is 0 Å². The number of rotatable bonds is 44. The quantitative estimate of drug-likeness (QED) is 0.0314. The fraction of sp³-hybridized carbons (Fsp3) is 0.662. The zero-order chi connectivity index (χ0) is 82.3. The number of thioether (sulfide) groups is 1. The Balaban J connectivity index is 0.983. The molecule has 34 heteroatoms. The number of hydroxylamine groups is 2. The van der Waals surface area contributed by atoms with E-state index < -0.39 is 172 Å². The van der Waals surface area contributed by atoms with E-state index in [1.54, 1.807) is 79.8 Å². The smallest absolute Gasteiger partial charge is 0.410 e. The number of halogens is 2. The molecular weight excluding hydrogens is 1470 g/mol. The second-order valence-corrected chi connectivity index (χ2v) is 31.7. The van der Waals surface area contributed by atoms with Crippen molar-refractivity contribution in [2.75, 3.05) is 65.6 Å². The summed E-state index contributed by atoms with van der Waals surface area (Å²) in [6, 6.07) is 2.95. The molecular formula is C77H114F2N12O19S. The van der Waals surface area contributed by atoms with E-state index in [2.05, 4.69) is 31.9 Å². The third kappa shape index (κ3) is 25.8. The van der Waals surface area contributed by atoms with Crippen LogP contribution in [0.3, 0.4) is 0 Å². The van der Waals surface area contributed by atoms with Crippen molar-refractivity contribution in [2.45, 2.75) is 231 Å². The van der Waals surface area contributed by atoms with E-state index in [-0.39, 0.29) is 120 Å².